The second-order valence-corrected chi connectivity index (χ2v) is 5.65. The van der Waals surface area contributed by atoms with Crippen molar-refractivity contribution in [2.75, 3.05) is 26.2 Å². The van der Waals surface area contributed by atoms with E-state index < -0.39 is 6.09 Å². The van der Waals surface area contributed by atoms with Crippen LogP contribution in [0.25, 0.3) is 0 Å². The van der Waals surface area contributed by atoms with Crippen LogP contribution < -0.4 is 5.32 Å². The van der Waals surface area contributed by atoms with Gasteiger partial charge in [-0.2, -0.15) is 0 Å². The first-order valence-electron chi connectivity index (χ1n) is 8.31. The second-order valence-electron chi connectivity index (χ2n) is 5.65. The summed E-state index contributed by atoms with van der Waals surface area (Å²) in [4.78, 5) is 27.4. The van der Waals surface area contributed by atoms with Gasteiger partial charge >= 0.3 is 6.09 Å². The summed E-state index contributed by atoms with van der Waals surface area (Å²) in [6.45, 7) is 7.88. The lowest BCUT2D eigenvalue weighted by molar-refractivity contribution is -0.126. The van der Waals surface area contributed by atoms with Crippen LogP contribution in [0.4, 0.5) is 4.79 Å². The molecule has 0 spiro atoms. The van der Waals surface area contributed by atoms with E-state index in [-0.39, 0.29) is 11.8 Å². The Morgan fingerprint density at radius 1 is 1.38 bits per heavy atom. The summed E-state index contributed by atoms with van der Waals surface area (Å²) in [5.41, 5.74) is 1.03. The fourth-order valence-electron chi connectivity index (χ4n) is 2.74. The topological polar surface area (TPSA) is 61.9 Å². The highest BCUT2D eigenvalue weighted by atomic mass is 16.5. The average molecular weight is 331 g/mol. The van der Waals surface area contributed by atoms with Crippen molar-refractivity contribution in [1.82, 2.24) is 15.1 Å². The predicted octanol–water partition coefficient (Wildman–Crippen LogP) is 2.38. The molecule has 0 aliphatic carbocycles. The second kappa shape index (κ2) is 8.96. The minimum atomic E-state index is -0.391. The van der Waals surface area contributed by atoms with Crippen molar-refractivity contribution in [2.45, 2.75) is 19.8 Å². The molecule has 1 saturated heterocycles. The first-order chi connectivity index (χ1) is 11.7. The molecule has 2 heterocycles. The third-order valence-electron chi connectivity index (χ3n) is 4.05. The number of piperidine rings is 1. The number of hydrogen-bond acceptors (Lipinski definition) is 4. The maximum atomic E-state index is 12.0. The van der Waals surface area contributed by atoms with Gasteiger partial charge in [0, 0.05) is 43.6 Å². The van der Waals surface area contributed by atoms with Gasteiger partial charge in [0.05, 0.1) is 6.61 Å². The van der Waals surface area contributed by atoms with Crippen molar-refractivity contribution in [3.8, 4) is 0 Å². The molecular formula is C18H25N3O3. The van der Waals surface area contributed by atoms with Crippen molar-refractivity contribution in [2.24, 2.45) is 5.92 Å². The van der Waals surface area contributed by atoms with Gasteiger partial charge in [0.2, 0.25) is 5.91 Å². The number of likely N-dealkylation sites (tertiary alicyclic amines) is 1. The van der Waals surface area contributed by atoms with E-state index in [0.717, 1.165) is 31.6 Å². The van der Waals surface area contributed by atoms with Crippen molar-refractivity contribution < 1.29 is 14.3 Å². The smallest absolute Gasteiger partial charge is 0.417 e. The first-order valence-corrected chi connectivity index (χ1v) is 8.31. The van der Waals surface area contributed by atoms with Crippen molar-refractivity contribution >= 4 is 12.0 Å². The third kappa shape index (κ3) is 4.75. The van der Waals surface area contributed by atoms with Crippen molar-refractivity contribution in [3.63, 3.8) is 0 Å². The van der Waals surface area contributed by atoms with Crippen LogP contribution in [-0.4, -0.2) is 48.0 Å². The quantitative estimate of drug-likeness (QED) is 0.786. The molecule has 0 aromatic heterocycles. The van der Waals surface area contributed by atoms with E-state index in [4.69, 9.17) is 4.74 Å². The molecule has 2 amide bonds. The standard InChI is InChI=1S/C18H25N3O3/c1-3-10-19-17(22)15-7-12-20(13-8-15)16-6-5-11-21(14-9-16)18(23)24-4-2/h3,5-6,9,11,14-15H,1,4,7-8,10,12-13H2,2H3,(H,19,22). The molecule has 2 aliphatic rings. The summed E-state index contributed by atoms with van der Waals surface area (Å²) >= 11 is 0. The summed E-state index contributed by atoms with van der Waals surface area (Å²) in [6.07, 6.45) is 12.0. The molecule has 2 aliphatic heterocycles. The largest absolute Gasteiger partial charge is 0.449 e. The molecule has 0 radical (unpaired) electrons. The van der Waals surface area contributed by atoms with Crippen molar-refractivity contribution in [1.29, 1.82) is 0 Å². The van der Waals surface area contributed by atoms with E-state index in [2.05, 4.69) is 16.8 Å². The monoisotopic (exact) mass is 331 g/mol. The van der Waals surface area contributed by atoms with Crippen LogP contribution in [0.3, 0.4) is 0 Å². The molecule has 1 N–H and O–H groups in total. The van der Waals surface area contributed by atoms with Gasteiger partial charge in [-0.25, -0.2) is 4.79 Å². The summed E-state index contributed by atoms with van der Waals surface area (Å²) in [5, 5.41) is 2.86. The van der Waals surface area contributed by atoms with Crippen LogP contribution in [0.15, 0.2) is 49.0 Å². The molecule has 6 nitrogen and oxygen atoms in total. The molecule has 0 saturated carbocycles. The van der Waals surface area contributed by atoms with E-state index in [1.807, 2.05) is 18.2 Å². The molecule has 24 heavy (non-hydrogen) atoms. The highest BCUT2D eigenvalue weighted by molar-refractivity contribution is 5.78. The summed E-state index contributed by atoms with van der Waals surface area (Å²) < 4.78 is 4.99. The fourth-order valence-corrected chi connectivity index (χ4v) is 2.74. The number of carbonyl (C=O) groups excluding carboxylic acids is 2. The molecule has 1 fully saturated rings. The number of nitrogens with one attached hydrogen (secondary N) is 1. The fraction of sp³-hybridized carbons (Fsp3) is 0.444. The highest BCUT2D eigenvalue weighted by Gasteiger charge is 2.25. The third-order valence-corrected chi connectivity index (χ3v) is 4.05. The van der Waals surface area contributed by atoms with Crippen LogP contribution in [-0.2, 0) is 9.53 Å². The maximum Gasteiger partial charge on any atom is 0.417 e. The highest BCUT2D eigenvalue weighted by Crippen LogP contribution is 2.22. The molecule has 0 bridgehead atoms. The number of hydrogen-bond donors (Lipinski definition) is 1. The molecule has 0 aromatic rings. The van der Waals surface area contributed by atoms with Crippen LogP contribution in [0.2, 0.25) is 0 Å². The summed E-state index contributed by atoms with van der Waals surface area (Å²) in [7, 11) is 0. The molecule has 0 atom stereocenters. The van der Waals surface area contributed by atoms with Gasteiger partial charge in [-0.3, -0.25) is 9.69 Å². The van der Waals surface area contributed by atoms with Gasteiger partial charge in [-0.15, -0.1) is 6.58 Å². The molecular weight excluding hydrogens is 306 g/mol. The lowest BCUT2D eigenvalue weighted by Gasteiger charge is -2.33. The van der Waals surface area contributed by atoms with Gasteiger partial charge in [0.15, 0.2) is 0 Å². The van der Waals surface area contributed by atoms with Gasteiger partial charge in [0.25, 0.3) is 0 Å². The zero-order valence-electron chi connectivity index (χ0n) is 14.1. The lowest BCUT2D eigenvalue weighted by atomic mass is 9.95. The zero-order valence-corrected chi connectivity index (χ0v) is 14.1. The Kier molecular flexibility index (Phi) is 6.66. The Hall–Kier alpha value is -2.50. The van der Waals surface area contributed by atoms with E-state index in [1.165, 1.54) is 4.90 Å². The number of carbonyl (C=O) groups is 2. The number of rotatable bonds is 5. The van der Waals surface area contributed by atoms with E-state index in [1.54, 1.807) is 25.4 Å². The first kappa shape index (κ1) is 17.8. The molecule has 0 aromatic carbocycles. The predicted molar refractivity (Wildman–Crippen MR) is 92.7 cm³/mol. The Labute approximate surface area is 143 Å². The maximum absolute atomic E-state index is 12.0. The van der Waals surface area contributed by atoms with Crippen molar-refractivity contribution in [3.05, 3.63) is 49.0 Å². The molecule has 130 valence electrons. The van der Waals surface area contributed by atoms with Gasteiger partial charge in [-0.05, 0) is 38.0 Å². The van der Waals surface area contributed by atoms with Crippen LogP contribution >= 0.6 is 0 Å². The summed E-state index contributed by atoms with van der Waals surface area (Å²) in [5.74, 6) is 0.163. The Balaban J connectivity index is 1.88. The number of nitrogens with zero attached hydrogens (tertiary/aromatic N) is 2. The van der Waals surface area contributed by atoms with Crippen LogP contribution in [0.5, 0.6) is 0 Å². The lowest BCUT2D eigenvalue weighted by Crippen LogP contribution is -2.40. The van der Waals surface area contributed by atoms with Crippen LogP contribution in [0.1, 0.15) is 19.8 Å². The summed E-state index contributed by atoms with van der Waals surface area (Å²) in [6, 6.07) is 0. The van der Waals surface area contributed by atoms with Gasteiger partial charge < -0.3 is 15.0 Å². The van der Waals surface area contributed by atoms with E-state index in [0.29, 0.717) is 13.2 Å². The van der Waals surface area contributed by atoms with Gasteiger partial charge in [0.1, 0.15) is 0 Å². The molecule has 2 rings (SSSR count). The van der Waals surface area contributed by atoms with E-state index in [9.17, 15) is 9.59 Å². The Bertz CT molecular complexity index is 558. The molecule has 6 heteroatoms. The average Bonchev–Trinajstić information content (AvgIpc) is 2.86. The SMILES string of the molecule is C=CCNC(=O)C1CCN(C2=CC=CN(C(=O)OCC)C=C2)CC1. The minimum Gasteiger partial charge on any atom is -0.449 e. The van der Waals surface area contributed by atoms with Gasteiger partial charge in [-0.1, -0.05) is 6.08 Å². The van der Waals surface area contributed by atoms with E-state index >= 15 is 0 Å². The van der Waals surface area contributed by atoms with Crippen LogP contribution in [0, 0.1) is 5.92 Å². The normalized spacial score (nSPS) is 18.0. The number of amides is 2. The zero-order chi connectivity index (χ0) is 17.4. The number of ether oxygens (including phenoxy) is 1. The minimum absolute atomic E-state index is 0.0585. The molecule has 0 unspecified atom stereocenters. The Morgan fingerprint density at radius 2 is 2.12 bits per heavy atom. The number of allylic oxidation sites excluding steroid dienone is 3. The Morgan fingerprint density at radius 3 is 2.79 bits per heavy atom.